The predicted molar refractivity (Wildman–Crippen MR) is 120 cm³/mol. The highest BCUT2D eigenvalue weighted by Gasteiger charge is 2.22. The highest BCUT2D eigenvalue weighted by molar-refractivity contribution is 5.66. The van der Waals surface area contributed by atoms with Crippen LogP contribution in [0.1, 0.15) is 121 Å². The van der Waals surface area contributed by atoms with Gasteiger partial charge in [-0.1, -0.05) is 89.1 Å². The van der Waals surface area contributed by atoms with Crippen molar-refractivity contribution in [2.45, 2.75) is 110 Å². The van der Waals surface area contributed by atoms with Gasteiger partial charge in [0.05, 0.1) is 0 Å². The van der Waals surface area contributed by atoms with Gasteiger partial charge in [0.25, 0.3) is 0 Å². The zero-order valence-corrected chi connectivity index (χ0v) is 18.0. The van der Waals surface area contributed by atoms with Gasteiger partial charge in [-0.05, 0) is 79.4 Å². The Morgan fingerprint density at radius 3 is 2.15 bits per heavy atom. The molecule has 0 saturated heterocycles. The van der Waals surface area contributed by atoms with Gasteiger partial charge in [-0.3, -0.25) is 0 Å². The molecule has 0 aliphatic heterocycles. The van der Waals surface area contributed by atoms with E-state index < -0.39 is 0 Å². The summed E-state index contributed by atoms with van der Waals surface area (Å²) in [4.78, 5) is 0. The number of unbranched alkanes of at least 4 members (excludes halogenated alkanes) is 4. The SMILES string of the molecule is CCCCCCC[C@H]1CC[C@H](c2ccc(C3=CCC(CC)CC3)cc2)CC1. The standard InChI is InChI=1S/C27H42/c1-3-5-6-7-8-9-23-12-16-25(17-13-23)27-20-18-26(19-21-27)24-14-10-22(4-2)11-15-24/h14,18-23,25H,3-13,15-17H2,1-2H3/t22?,23-,25-. The number of allylic oxidation sites excluding steroid dienone is 2. The fourth-order valence-corrected chi connectivity index (χ4v) is 5.31. The van der Waals surface area contributed by atoms with E-state index in [1.807, 2.05) is 0 Å². The van der Waals surface area contributed by atoms with Crippen molar-refractivity contribution in [3.05, 3.63) is 41.5 Å². The molecule has 0 spiro atoms. The Balaban J connectivity index is 1.43. The van der Waals surface area contributed by atoms with E-state index in [4.69, 9.17) is 0 Å². The van der Waals surface area contributed by atoms with Crippen molar-refractivity contribution >= 4 is 5.57 Å². The lowest BCUT2D eigenvalue weighted by molar-refractivity contribution is 0.302. The minimum Gasteiger partial charge on any atom is -0.0804 e. The Morgan fingerprint density at radius 2 is 1.52 bits per heavy atom. The van der Waals surface area contributed by atoms with Crippen LogP contribution in [-0.2, 0) is 0 Å². The van der Waals surface area contributed by atoms with Gasteiger partial charge in [0.1, 0.15) is 0 Å². The summed E-state index contributed by atoms with van der Waals surface area (Å²) in [6.07, 6.45) is 22.2. The molecule has 0 heterocycles. The highest BCUT2D eigenvalue weighted by atomic mass is 14.3. The Morgan fingerprint density at radius 1 is 0.778 bits per heavy atom. The lowest BCUT2D eigenvalue weighted by atomic mass is 9.76. The van der Waals surface area contributed by atoms with Crippen molar-refractivity contribution < 1.29 is 0 Å². The molecule has 0 aromatic heterocycles. The molecular formula is C27H42. The molecule has 0 N–H and O–H groups in total. The van der Waals surface area contributed by atoms with Gasteiger partial charge >= 0.3 is 0 Å². The summed E-state index contributed by atoms with van der Waals surface area (Å²) >= 11 is 0. The van der Waals surface area contributed by atoms with E-state index in [0.717, 1.165) is 17.8 Å². The van der Waals surface area contributed by atoms with Crippen molar-refractivity contribution in [2.24, 2.45) is 11.8 Å². The van der Waals surface area contributed by atoms with Crippen LogP contribution < -0.4 is 0 Å². The van der Waals surface area contributed by atoms with Crippen LogP contribution >= 0.6 is 0 Å². The maximum atomic E-state index is 2.51. The van der Waals surface area contributed by atoms with Crippen LogP contribution in [0.3, 0.4) is 0 Å². The first-order chi connectivity index (χ1) is 13.3. The van der Waals surface area contributed by atoms with E-state index in [-0.39, 0.29) is 0 Å². The monoisotopic (exact) mass is 366 g/mol. The summed E-state index contributed by atoms with van der Waals surface area (Å²) in [7, 11) is 0. The van der Waals surface area contributed by atoms with Gasteiger partial charge in [-0.2, -0.15) is 0 Å². The number of benzene rings is 1. The van der Waals surface area contributed by atoms with Crippen molar-refractivity contribution in [2.75, 3.05) is 0 Å². The molecular weight excluding hydrogens is 324 g/mol. The molecule has 3 rings (SSSR count). The molecule has 0 heteroatoms. The maximum Gasteiger partial charge on any atom is -0.0162 e. The molecule has 0 radical (unpaired) electrons. The molecule has 1 aromatic carbocycles. The van der Waals surface area contributed by atoms with Crippen LogP contribution in [0.25, 0.3) is 5.57 Å². The van der Waals surface area contributed by atoms with Gasteiger partial charge < -0.3 is 0 Å². The molecule has 1 aromatic rings. The Labute approximate surface area is 168 Å². The van der Waals surface area contributed by atoms with Crippen molar-refractivity contribution in [1.29, 1.82) is 0 Å². The second kappa shape index (κ2) is 11.1. The normalized spacial score (nSPS) is 26.0. The first-order valence-electron chi connectivity index (χ1n) is 12.1. The van der Waals surface area contributed by atoms with Crippen LogP contribution in [0.4, 0.5) is 0 Å². The van der Waals surface area contributed by atoms with E-state index in [1.54, 1.807) is 11.1 Å². The molecule has 2 aliphatic carbocycles. The summed E-state index contributed by atoms with van der Waals surface area (Å²) in [6, 6.07) is 9.70. The first-order valence-corrected chi connectivity index (χ1v) is 12.1. The van der Waals surface area contributed by atoms with Crippen LogP contribution in [0.5, 0.6) is 0 Å². The van der Waals surface area contributed by atoms with Crippen LogP contribution in [0.15, 0.2) is 30.3 Å². The largest absolute Gasteiger partial charge is 0.0804 e. The summed E-state index contributed by atoms with van der Waals surface area (Å²) in [5.41, 5.74) is 4.68. The van der Waals surface area contributed by atoms with Crippen LogP contribution in [-0.4, -0.2) is 0 Å². The lowest BCUT2D eigenvalue weighted by Gasteiger charge is -2.29. The average Bonchev–Trinajstić information content (AvgIpc) is 2.74. The fraction of sp³-hybridized carbons (Fsp3) is 0.704. The number of hydrogen-bond donors (Lipinski definition) is 0. The Hall–Kier alpha value is -1.04. The van der Waals surface area contributed by atoms with E-state index in [0.29, 0.717) is 0 Å². The van der Waals surface area contributed by atoms with Crippen molar-refractivity contribution in [1.82, 2.24) is 0 Å². The molecule has 0 nitrogen and oxygen atoms in total. The molecule has 0 bridgehead atoms. The third-order valence-corrected chi connectivity index (χ3v) is 7.41. The minimum absolute atomic E-state index is 0.820. The quantitative estimate of drug-likeness (QED) is 0.383. The second-order valence-corrected chi connectivity index (χ2v) is 9.32. The molecule has 1 saturated carbocycles. The van der Waals surface area contributed by atoms with Crippen molar-refractivity contribution in [3.8, 4) is 0 Å². The minimum atomic E-state index is 0.820. The molecule has 27 heavy (non-hydrogen) atoms. The molecule has 1 atom stereocenters. The number of hydrogen-bond acceptors (Lipinski definition) is 0. The summed E-state index contributed by atoms with van der Waals surface area (Å²) in [5.74, 6) is 2.76. The lowest BCUT2D eigenvalue weighted by Crippen LogP contribution is -2.13. The van der Waals surface area contributed by atoms with E-state index >= 15 is 0 Å². The smallest absolute Gasteiger partial charge is 0.0162 e. The summed E-state index contributed by atoms with van der Waals surface area (Å²) in [6.45, 7) is 4.64. The van der Waals surface area contributed by atoms with Gasteiger partial charge in [0, 0.05) is 0 Å². The van der Waals surface area contributed by atoms with Crippen LogP contribution in [0, 0.1) is 11.8 Å². The zero-order valence-electron chi connectivity index (χ0n) is 18.0. The third kappa shape index (κ3) is 6.23. The molecule has 150 valence electrons. The molecule has 2 aliphatic rings. The molecule has 1 fully saturated rings. The van der Waals surface area contributed by atoms with Crippen LogP contribution in [0.2, 0.25) is 0 Å². The van der Waals surface area contributed by atoms with Gasteiger partial charge in [-0.25, -0.2) is 0 Å². The predicted octanol–water partition coefficient (Wildman–Crippen LogP) is 8.91. The Bertz CT molecular complexity index is 556. The number of rotatable bonds is 9. The third-order valence-electron chi connectivity index (χ3n) is 7.41. The van der Waals surface area contributed by atoms with E-state index in [9.17, 15) is 0 Å². The van der Waals surface area contributed by atoms with Crippen molar-refractivity contribution in [3.63, 3.8) is 0 Å². The molecule has 0 amide bonds. The second-order valence-electron chi connectivity index (χ2n) is 9.32. The molecule has 1 unspecified atom stereocenters. The maximum absolute atomic E-state index is 2.51. The first kappa shape index (κ1) is 20.7. The van der Waals surface area contributed by atoms with Gasteiger partial charge in [0.2, 0.25) is 0 Å². The zero-order chi connectivity index (χ0) is 18.9. The van der Waals surface area contributed by atoms with Gasteiger partial charge in [-0.15, -0.1) is 0 Å². The summed E-state index contributed by atoms with van der Waals surface area (Å²) < 4.78 is 0. The highest BCUT2D eigenvalue weighted by Crippen LogP contribution is 2.38. The van der Waals surface area contributed by atoms with Gasteiger partial charge in [0.15, 0.2) is 0 Å². The fourth-order valence-electron chi connectivity index (χ4n) is 5.31. The average molecular weight is 367 g/mol. The Kier molecular flexibility index (Phi) is 8.49. The topological polar surface area (TPSA) is 0 Å². The van der Waals surface area contributed by atoms with E-state index in [1.165, 1.54) is 95.5 Å². The summed E-state index contributed by atoms with van der Waals surface area (Å²) in [5, 5.41) is 0. The van der Waals surface area contributed by atoms with E-state index in [2.05, 4.69) is 44.2 Å².